The van der Waals surface area contributed by atoms with Gasteiger partial charge < -0.3 is 10.6 Å². The number of halogens is 3. The zero-order valence-corrected chi connectivity index (χ0v) is 15.0. The molecule has 0 bridgehead atoms. The first-order chi connectivity index (χ1) is 9.90. The third-order valence-electron chi connectivity index (χ3n) is 3.19. The highest BCUT2D eigenvalue weighted by atomic mass is 79.9. The molecule has 0 aliphatic heterocycles. The second kappa shape index (κ2) is 7.00. The molecule has 114 valence electrons. The van der Waals surface area contributed by atoms with Crippen LogP contribution in [0.5, 0.6) is 0 Å². The van der Waals surface area contributed by atoms with Crippen molar-refractivity contribution in [3.8, 4) is 0 Å². The predicted octanol–water partition coefficient (Wildman–Crippen LogP) is 3.16. The van der Waals surface area contributed by atoms with E-state index in [4.69, 9.17) is 5.73 Å². The van der Waals surface area contributed by atoms with E-state index >= 15 is 0 Å². The Labute approximate surface area is 140 Å². The van der Waals surface area contributed by atoms with Crippen LogP contribution in [-0.4, -0.2) is 35.3 Å². The number of likely N-dealkylation sites (N-methyl/N-ethyl adjacent to an activating group) is 1. The summed E-state index contributed by atoms with van der Waals surface area (Å²) in [5.41, 5.74) is 8.05. The largest absolute Gasteiger partial charge is 0.319 e. The van der Waals surface area contributed by atoms with Gasteiger partial charge in [-0.25, -0.2) is 4.39 Å². The SMILES string of the molecule is CN(C)CCn1ncc(Br)c1C(N)c1ccc(F)c(Br)c1. The number of benzene rings is 1. The van der Waals surface area contributed by atoms with E-state index in [1.807, 2.05) is 18.8 Å². The molecule has 0 amide bonds. The Balaban J connectivity index is 2.31. The van der Waals surface area contributed by atoms with Crippen molar-refractivity contribution in [3.63, 3.8) is 0 Å². The van der Waals surface area contributed by atoms with Gasteiger partial charge in [-0.3, -0.25) is 4.68 Å². The Morgan fingerprint density at radius 3 is 2.67 bits per heavy atom. The van der Waals surface area contributed by atoms with Crippen molar-refractivity contribution >= 4 is 31.9 Å². The minimum absolute atomic E-state index is 0.300. The lowest BCUT2D eigenvalue weighted by Crippen LogP contribution is -2.23. The van der Waals surface area contributed by atoms with E-state index in [9.17, 15) is 4.39 Å². The van der Waals surface area contributed by atoms with Gasteiger partial charge in [-0.15, -0.1) is 0 Å². The lowest BCUT2D eigenvalue weighted by atomic mass is 10.0. The summed E-state index contributed by atoms with van der Waals surface area (Å²) in [7, 11) is 4.02. The highest BCUT2D eigenvalue weighted by Crippen LogP contribution is 2.29. The van der Waals surface area contributed by atoms with Gasteiger partial charge in [0.2, 0.25) is 0 Å². The molecule has 0 spiro atoms. The first-order valence-corrected chi connectivity index (χ1v) is 8.05. The molecule has 2 rings (SSSR count). The summed E-state index contributed by atoms with van der Waals surface area (Å²) >= 11 is 6.69. The minimum Gasteiger partial charge on any atom is -0.319 e. The van der Waals surface area contributed by atoms with Crippen LogP contribution in [0, 0.1) is 5.82 Å². The zero-order valence-electron chi connectivity index (χ0n) is 11.9. The molecule has 1 aromatic carbocycles. The van der Waals surface area contributed by atoms with Gasteiger partial charge in [0.1, 0.15) is 5.82 Å². The molecule has 0 radical (unpaired) electrons. The molecule has 21 heavy (non-hydrogen) atoms. The lowest BCUT2D eigenvalue weighted by molar-refractivity contribution is 0.368. The van der Waals surface area contributed by atoms with E-state index in [1.54, 1.807) is 18.3 Å². The molecule has 0 aliphatic carbocycles. The van der Waals surface area contributed by atoms with E-state index in [2.05, 4.69) is 41.9 Å². The Kier molecular flexibility index (Phi) is 5.54. The second-order valence-corrected chi connectivity index (χ2v) is 6.76. The summed E-state index contributed by atoms with van der Waals surface area (Å²) in [5.74, 6) is -0.300. The zero-order chi connectivity index (χ0) is 15.6. The van der Waals surface area contributed by atoms with E-state index in [1.165, 1.54) is 6.07 Å². The fourth-order valence-electron chi connectivity index (χ4n) is 2.02. The van der Waals surface area contributed by atoms with Gasteiger partial charge in [-0.1, -0.05) is 6.07 Å². The Morgan fingerprint density at radius 1 is 1.33 bits per heavy atom. The number of aromatic nitrogens is 2. The fraction of sp³-hybridized carbons (Fsp3) is 0.357. The van der Waals surface area contributed by atoms with Gasteiger partial charge >= 0.3 is 0 Å². The van der Waals surface area contributed by atoms with E-state index < -0.39 is 0 Å². The Bertz CT molecular complexity index is 627. The Hall–Kier alpha value is -0.760. The lowest BCUT2D eigenvalue weighted by Gasteiger charge is -2.17. The van der Waals surface area contributed by atoms with Crippen molar-refractivity contribution in [3.05, 3.63) is 50.4 Å². The first kappa shape index (κ1) is 16.6. The maximum Gasteiger partial charge on any atom is 0.137 e. The van der Waals surface area contributed by atoms with Crippen molar-refractivity contribution < 1.29 is 4.39 Å². The van der Waals surface area contributed by atoms with Crippen LogP contribution in [0.3, 0.4) is 0 Å². The van der Waals surface area contributed by atoms with Crippen LogP contribution in [-0.2, 0) is 6.54 Å². The standard InChI is InChI=1S/C14H17Br2FN4/c1-20(2)5-6-21-14(11(16)8-19-21)13(18)9-3-4-12(17)10(15)7-9/h3-4,7-8,13H,5-6,18H2,1-2H3. The summed E-state index contributed by atoms with van der Waals surface area (Å²) in [4.78, 5) is 2.08. The maximum absolute atomic E-state index is 13.4. The third kappa shape index (κ3) is 3.91. The van der Waals surface area contributed by atoms with E-state index in [-0.39, 0.29) is 11.9 Å². The van der Waals surface area contributed by atoms with Crippen LogP contribution < -0.4 is 5.73 Å². The molecule has 0 aliphatic rings. The molecule has 0 saturated heterocycles. The summed E-state index contributed by atoms with van der Waals surface area (Å²) in [5, 5.41) is 4.35. The molecule has 4 nitrogen and oxygen atoms in total. The molecule has 0 saturated carbocycles. The smallest absolute Gasteiger partial charge is 0.137 e. The quantitative estimate of drug-likeness (QED) is 0.809. The number of hydrogen-bond acceptors (Lipinski definition) is 3. The summed E-state index contributed by atoms with van der Waals surface area (Å²) in [6.07, 6.45) is 1.74. The van der Waals surface area contributed by atoms with Gasteiger partial charge in [0, 0.05) is 6.54 Å². The van der Waals surface area contributed by atoms with Crippen LogP contribution >= 0.6 is 31.9 Å². The van der Waals surface area contributed by atoms with Gasteiger partial charge in [-0.05, 0) is 63.7 Å². The highest BCUT2D eigenvalue weighted by molar-refractivity contribution is 9.10. The highest BCUT2D eigenvalue weighted by Gasteiger charge is 2.19. The van der Waals surface area contributed by atoms with Gasteiger partial charge in [0.05, 0.1) is 33.4 Å². The van der Waals surface area contributed by atoms with Crippen LogP contribution in [0.1, 0.15) is 17.3 Å². The molecule has 1 heterocycles. The molecule has 1 atom stereocenters. The van der Waals surface area contributed by atoms with Crippen LogP contribution in [0.25, 0.3) is 0 Å². The number of hydrogen-bond donors (Lipinski definition) is 1. The molecule has 2 aromatic rings. The van der Waals surface area contributed by atoms with Gasteiger partial charge in [-0.2, -0.15) is 5.10 Å². The van der Waals surface area contributed by atoms with Crippen molar-refractivity contribution in [1.29, 1.82) is 0 Å². The van der Waals surface area contributed by atoms with Crippen molar-refractivity contribution in [1.82, 2.24) is 14.7 Å². The fourth-order valence-corrected chi connectivity index (χ4v) is 2.96. The summed E-state index contributed by atoms with van der Waals surface area (Å²) < 4.78 is 16.5. The summed E-state index contributed by atoms with van der Waals surface area (Å²) in [6, 6.07) is 4.44. The number of nitrogens with zero attached hydrogens (tertiary/aromatic N) is 3. The number of rotatable bonds is 5. The van der Waals surface area contributed by atoms with Crippen molar-refractivity contribution in [2.75, 3.05) is 20.6 Å². The van der Waals surface area contributed by atoms with Crippen LogP contribution in [0.15, 0.2) is 33.3 Å². The first-order valence-electron chi connectivity index (χ1n) is 6.46. The van der Waals surface area contributed by atoms with Gasteiger partial charge in [0.25, 0.3) is 0 Å². The average Bonchev–Trinajstić information content (AvgIpc) is 2.80. The topological polar surface area (TPSA) is 47.1 Å². The molecule has 0 fully saturated rings. The predicted molar refractivity (Wildman–Crippen MR) is 88.6 cm³/mol. The van der Waals surface area contributed by atoms with E-state index in [0.29, 0.717) is 4.47 Å². The number of nitrogens with two attached hydrogens (primary N) is 1. The van der Waals surface area contributed by atoms with Crippen molar-refractivity contribution in [2.45, 2.75) is 12.6 Å². The molecule has 1 aromatic heterocycles. The molecule has 7 heteroatoms. The normalized spacial score (nSPS) is 12.9. The third-order valence-corrected chi connectivity index (χ3v) is 4.41. The molecule has 1 unspecified atom stereocenters. The van der Waals surface area contributed by atoms with Gasteiger partial charge in [0.15, 0.2) is 0 Å². The van der Waals surface area contributed by atoms with Crippen LogP contribution in [0.2, 0.25) is 0 Å². The molecular weight excluding hydrogens is 403 g/mol. The second-order valence-electron chi connectivity index (χ2n) is 5.06. The Morgan fingerprint density at radius 2 is 2.05 bits per heavy atom. The minimum atomic E-state index is -0.374. The molecular formula is C14H17Br2FN4. The molecule has 2 N–H and O–H groups in total. The average molecular weight is 420 g/mol. The van der Waals surface area contributed by atoms with Crippen molar-refractivity contribution in [2.24, 2.45) is 5.73 Å². The summed E-state index contributed by atoms with van der Waals surface area (Å²) in [6.45, 7) is 1.60. The van der Waals surface area contributed by atoms with Crippen LogP contribution in [0.4, 0.5) is 4.39 Å². The van der Waals surface area contributed by atoms with E-state index in [0.717, 1.165) is 28.8 Å². The monoisotopic (exact) mass is 418 g/mol. The maximum atomic E-state index is 13.4.